The van der Waals surface area contributed by atoms with E-state index in [4.69, 9.17) is 4.74 Å². The second kappa shape index (κ2) is 9.82. The van der Waals surface area contributed by atoms with E-state index < -0.39 is 12.8 Å². The molecular weight excluding hydrogens is 357 g/mol. The highest BCUT2D eigenvalue weighted by molar-refractivity contribution is 5.79. The zero-order chi connectivity index (χ0) is 19.9. The molecule has 1 unspecified atom stereocenters. The van der Waals surface area contributed by atoms with Gasteiger partial charge in [-0.3, -0.25) is 4.99 Å². The number of nitrogens with one attached hydrogen (secondary N) is 2. The van der Waals surface area contributed by atoms with Gasteiger partial charge in [0.15, 0.2) is 12.6 Å². The number of rotatable bonds is 7. The van der Waals surface area contributed by atoms with E-state index in [1.807, 2.05) is 13.0 Å². The van der Waals surface area contributed by atoms with Gasteiger partial charge in [-0.15, -0.1) is 0 Å². The van der Waals surface area contributed by atoms with Crippen LogP contribution in [0.15, 0.2) is 23.2 Å². The Hall–Kier alpha value is -1.96. The van der Waals surface area contributed by atoms with Gasteiger partial charge in [-0.25, -0.2) is 0 Å². The van der Waals surface area contributed by atoms with Gasteiger partial charge in [0.1, 0.15) is 5.75 Å². The van der Waals surface area contributed by atoms with Gasteiger partial charge in [-0.05, 0) is 44.0 Å². The molecule has 1 aromatic rings. The summed E-state index contributed by atoms with van der Waals surface area (Å²) >= 11 is 0. The number of likely N-dealkylation sites (tertiary alicyclic amines) is 1. The van der Waals surface area contributed by atoms with Gasteiger partial charge in [0.2, 0.25) is 0 Å². The molecule has 1 aromatic carbocycles. The van der Waals surface area contributed by atoms with Crippen LogP contribution in [0.25, 0.3) is 0 Å². The number of aliphatic imine (C=N–C) groups is 1. The number of nitrogens with zero attached hydrogens (tertiary/aromatic N) is 2. The van der Waals surface area contributed by atoms with E-state index >= 15 is 0 Å². The van der Waals surface area contributed by atoms with Crippen LogP contribution in [0.5, 0.6) is 5.75 Å². The number of ether oxygens (including phenoxy) is 1. The van der Waals surface area contributed by atoms with Crippen molar-refractivity contribution in [3.05, 3.63) is 29.3 Å². The molecule has 8 heteroatoms. The van der Waals surface area contributed by atoms with Gasteiger partial charge in [0.05, 0.1) is 0 Å². The predicted octanol–water partition coefficient (Wildman–Crippen LogP) is 2.94. The molecule has 0 bridgehead atoms. The van der Waals surface area contributed by atoms with Crippen molar-refractivity contribution in [2.75, 3.05) is 39.8 Å². The lowest BCUT2D eigenvalue weighted by Crippen LogP contribution is -2.40. The van der Waals surface area contributed by atoms with E-state index in [0.29, 0.717) is 24.0 Å². The number of aryl methyl sites for hydroxylation is 1. The largest absolute Gasteiger partial charge is 0.484 e. The number of alkyl halides is 3. The molecule has 0 aromatic heterocycles. The molecule has 152 valence electrons. The molecule has 1 saturated heterocycles. The molecule has 0 saturated carbocycles. The van der Waals surface area contributed by atoms with Crippen molar-refractivity contribution in [3.8, 4) is 5.75 Å². The Morgan fingerprint density at radius 1 is 1.33 bits per heavy atom. The van der Waals surface area contributed by atoms with Crippen molar-refractivity contribution < 1.29 is 17.9 Å². The minimum Gasteiger partial charge on any atom is -0.484 e. The summed E-state index contributed by atoms with van der Waals surface area (Å²) in [6, 6.07) is 5.25. The maximum Gasteiger partial charge on any atom is 0.422 e. The highest BCUT2D eigenvalue weighted by atomic mass is 19.4. The second-order valence-corrected chi connectivity index (χ2v) is 6.87. The Labute approximate surface area is 159 Å². The van der Waals surface area contributed by atoms with Crippen molar-refractivity contribution in [1.29, 1.82) is 0 Å². The third-order valence-corrected chi connectivity index (χ3v) is 4.66. The molecule has 0 aliphatic carbocycles. The zero-order valence-corrected chi connectivity index (χ0v) is 16.2. The molecule has 1 atom stereocenters. The van der Waals surface area contributed by atoms with Gasteiger partial charge in [0.25, 0.3) is 0 Å². The topological polar surface area (TPSA) is 48.9 Å². The summed E-state index contributed by atoms with van der Waals surface area (Å²) < 4.78 is 42.4. The Morgan fingerprint density at radius 3 is 2.74 bits per heavy atom. The average molecular weight is 386 g/mol. The van der Waals surface area contributed by atoms with E-state index in [1.54, 1.807) is 19.2 Å². The SMILES string of the molecule is CCN1CCC(CNC(=NC)NCc2ccc(C)cc2OCC(F)(F)F)C1. The maximum atomic E-state index is 12.5. The first kappa shape index (κ1) is 21.3. The van der Waals surface area contributed by atoms with E-state index in [-0.39, 0.29) is 5.75 Å². The summed E-state index contributed by atoms with van der Waals surface area (Å²) in [5.74, 6) is 1.45. The molecule has 2 N–H and O–H groups in total. The standard InChI is InChI=1S/C19H29F3N4O/c1-4-26-8-7-15(12-26)10-24-18(23-3)25-11-16-6-5-14(2)9-17(16)27-13-19(20,21)22/h5-6,9,15H,4,7-8,10-13H2,1-3H3,(H2,23,24,25). The van der Waals surface area contributed by atoms with Gasteiger partial charge >= 0.3 is 6.18 Å². The minimum atomic E-state index is -4.36. The fourth-order valence-electron chi connectivity index (χ4n) is 3.11. The van der Waals surface area contributed by atoms with Crippen molar-refractivity contribution >= 4 is 5.96 Å². The first-order chi connectivity index (χ1) is 12.8. The third kappa shape index (κ3) is 7.28. The number of hydrogen-bond donors (Lipinski definition) is 2. The van der Waals surface area contributed by atoms with E-state index in [0.717, 1.165) is 38.2 Å². The summed E-state index contributed by atoms with van der Waals surface area (Å²) in [5, 5.41) is 6.46. The van der Waals surface area contributed by atoms with Crippen LogP contribution in [0, 0.1) is 12.8 Å². The lowest BCUT2D eigenvalue weighted by atomic mass is 10.1. The summed E-state index contributed by atoms with van der Waals surface area (Å²) in [5.41, 5.74) is 1.51. The fourth-order valence-corrected chi connectivity index (χ4v) is 3.11. The Kier molecular flexibility index (Phi) is 7.77. The normalized spacial score (nSPS) is 18.6. The molecule has 1 fully saturated rings. The predicted molar refractivity (Wildman–Crippen MR) is 101 cm³/mol. The van der Waals surface area contributed by atoms with Crippen LogP contribution in [-0.2, 0) is 6.54 Å². The van der Waals surface area contributed by atoms with Gasteiger partial charge in [0, 0.05) is 32.2 Å². The summed E-state index contributed by atoms with van der Waals surface area (Å²) in [6.07, 6.45) is -3.20. The van der Waals surface area contributed by atoms with Crippen molar-refractivity contribution in [1.82, 2.24) is 15.5 Å². The Balaban J connectivity index is 1.88. The van der Waals surface area contributed by atoms with E-state index in [2.05, 4.69) is 27.4 Å². The Morgan fingerprint density at radius 2 is 2.11 bits per heavy atom. The highest BCUT2D eigenvalue weighted by Gasteiger charge is 2.29. The number of benzene rings is 1. The summed E-state index contributed by atoms with van der Waals surface area (Å²) in [7, 11) is 1.68. The van der Waals surface area contributed by atoms with Crippen LogP contribution in [0.2, 0.25) is 0 Å². The molecular formula is C19H29F3N4O. The molecule has 0 amide bonds. The lowest BCUT2D eigenvalue weighted by Gasteiger charge is -2.18. The maximum absolute atomic E-state index is 12.5. The van der Waals surface area contributed by atoms with Crippen LogP contribution in [0.4, 0.5) is 13.2 Å². The first-order valence-electron chi connectivity index (χ1n) is 9.26. The lowest BCUT2D eigenvalue weighted by molar-refractivity contribution is -0.153. The quantitative estimate of drug-likeness (QED) is 0.559. The molecule has 27 heavy (non-hydrogen) atoms. The summed E-state index contributed by atoms with van der Waals surface area (Å²) in [6.45, 7) is 7.10. The average Bonchev–Trinajstić information content (AvgIpc) is 3.08. The van der Waals surface area contributed by atoms with Crippen LogP contribution >= 0.6 is 0 Å². The van der Waals surface area contributed by atoms with Crippen molar-refractivity contribution in [2.45, 2.75) is 33.0 Å². The van der Waals surface area contributed by atoms with Crippen LogP contribution in [-0.4, -0.2) is 56.9 Å². The summed E-state index contributed by atoms with van der Waals surface area (Å²) in [4.78, 5) is 6.61. The monoisotopic (exact) mass is 386 g/mol. The van der Waals surface area contributed by atoms with E-state index in [9.17, 15) is 13.2 Å². The zero-order valence-electron chi connectivity index (χ0n) is 16.2. The third-order valence-electron chi connectivity index (χ3n) is 4.66. The number of hydrogen-bond acceptors (Lipinski definition) is 3. The number of guanidine groups is 1. The van der Waals surface area contributed by atoms with Crippen LogP contribution < -0.4 is 15.4 Å². The van der Waals surface area contributed by atoms with E-state index in [1.165, 1.54) is 0 Å². The van der Waals surface area contributed by atoms with Gasteiger partial charge in [-0.2, -0.15) is 13.2 Å². The van der Waals surface area contributed by atoms with Gasteiger partial charge < -0.3 is 20.3 Å². The van der Waals surface area contributed by atoms with Crippen LogP contribution in [0.3, 0.4) is 0 Å². The number of halogens is 3. The molecule has 0 radical (unpaired) electrons. The smallest absolute Gasteiger partial charge is 0.422 e. The minimum absolute atomic E-state index is 0.240. The van der Waals surface area contributed by atoms with Crippen LogP contribution in [0.1, 0.15) is 24.5 Å². The highest BCUT2D eigenvalue weighted by Crippen LogP contribution is 2.23. The Bertz CT molecular complexity index is 634. The molecule has 0 spiro atoms. The molecule has 1 aliphatic heterocycles. The first-order valence-corrected chi connectivity index (χ1v) is 9.26. The van der Waals surface area contributed by atoms with Crippen molar-refractivity contribution in [3.63, 3.8) is 0 Å². The second-order valence-electron chi connectivity index (χ2n) is 6.87. The van der Waals surface area contributed by atoms with Crippen molar-refractivity contribution in [2.24, 2.45) is 10.9 Å². The molecule has 1 aliphatic rings. The molecule has 2 rings (SSSR count). The molecule has 1 heterocycles. The fraction of sp³-hybridized carbons (Fsp3) is 0.632. The molecule has 5 nitrogen and oxygen atoms in total. The van der Waals surface area contributed by atoms with Gasteiger partial charge in [-0.1, -0.05) is 19.1 Å².